The third-order valence-electron chi connectivity index (χ3n) is 15.0. The van der Waals surface area contributed by atoms with Crippen LogP contribution < -0.4 is 9.80 Å². The van der Waals surface area contributed by atoms with Gasteiger partial charge in [0.15, 0.2) is 0 Å². The highest BCUT2D eigenvalue weighted by Gasteiger charge is 2.53. The molecule has 0 N–H and O–H groups in total. The fourth-order valence-electron chi connectivity index (χ4n) is 11.9. The van der Waals surface area contributed by atoms with Crippen molar-refractivity contribution in [2.45, 2.75) is 10.8 Å². The molecule has 0 saturated heterocycles. The molecular formula is C70H50N2. The first-order chi connectivity index (χ1) is 35.7. The van der Waals surface area contributed by atoms with Crippen molar-refractivity contribution in [2.75, 3.05) is 9.80 Å². The fourth-order valence-corrected chi connectivity index (χ4v) is 11.9. The maximum Gasteiger partial charge on any atom is 0.0708 e. The first-order valence-electron chi connectivity index (χ1n) is 24.9. The van der Waals surface area contributed by atoms with Crippen molar-refractivity contribution >= 4 is 55.7 Å². The molecule has 0 spiro atoms. The van der Waals surface area contributed by atoms with Gasteiger partial charge in [-0.15, -0.1) is 0 Å². The number of rotatable bonds is 10. The summed E-state index contributed by atoms with van der Waals surface area (Å²) >= 11 is 0. The summed E-state index contributed by atoms with van der Waals surface area (Å²) in [7, 11) is 0. The molecule has 0 heterocycles. The van der Waals surface area contributed by atoms with Crippen LogP contribution in [0.4, 0.5) is 34.1 Å². The first kappa shape index (κ1) is 42.8. The lowest BCUT2D eigenvalue weighted by molar-refractivity contribution is 0.615. The molecule has 0 bridgehead atoms. The molecule has 0 amide bonds. The molecular weight excluding hydrogens is 869 g/mol. The van der Waals surface area contributed by atoms with Crippen LogP contribution in [0.15, 0.2) is 303 Å². The van der Waals surface area contributed by atoms with Gasteiger partial charge in [0.05, 0.1) is 10.8 Å². The zero-order valence-corrected chi connectivity index (χ0v) is 39.8. The third kappa shape index (κ3) is 6.94. The van der Waals surface area contributed by atoms with E-state index in [0.717, 1.165) is 34.1 Å². The van der Waals surface area contributed by atoms with Crippen molar-refractivity contribution in [2.24, 2.45) is 0 Å². The molecule has 0 fully saturated rings. The number of para-hydroxylation sites is 2. The minimum absolute atomic E-state index is 0.612. The monoisotopic (exact) mass is 918 g/mol. The van der Waals surface area contributed by atoms with Gasteiger partial charge < -0.3 is 9.80 Å². The Morgan fingerprint density at radius 2 is 0.431 bits per heavy atom. The van der Waals surface area contributed by atoms with E-state index < -0.39 is 10.8 Å². The molecule has 2 nitrogen and oxygen atoms in total. The van der Waals surface area contributed by atoms with Crippen molar-refractivity contribution < 1.29 is 0 Å². The molecule has 0 atom stereocenters. The quantitative estimate of drug-likeness (QED) is 0.135. The fraction of sp³-hybridized carbons (Fsp3) is 0.0286. The molecule has 12 aromatic carbocycles. The van der Waals surface area contributed by atoms with Crippen molar-refractivity contribution in [3.63, 3.8) is 0 Å². The van der Waals surface area contributed by atoms with E-state index in [1.807, 2.05) is 0 Å². The Hall–Kier alpha value is -9.24. The summed E-state index contributed by atoms with van der Waals surface area (Å²) in [6.45, 7) is 0. The highest BCUT2D eigenvalue weighted by Crippen LogP contribution is 2.60. The highest BCUT2D eigenvalue weighted by molar-refractivity contribution is 5.91. The van der Waals surface area contributed by atoms with Gasteiger partial charge in [-0.25, -0.2) is 0 Å². The van der Waals surface area contributed by atoms with Gasteiger partial charge in [-0.3, -0.25) is 0 Å². The van der Waals surface area contributed by atoms with Crippen LogP contribution in [-0.4, -0.2) is 0 Å². The number of anilines is 6. The average molecular weight is 919 g/mol. The topological polar surface area (TPSA) is 6.48 Å². The number of benzene rings is 12. The van der Waals surface area contributed by atoms with Crippen molar-refractivity contribution in [3.05, 3.63) is 348 Å². The van der Waals surface area contributed by atoms with E-state index in [0.29, 0.717) is 0 Å². The molecule has 2 heteroatoms. The summed E-state index contributed by atoms with van der Waals surface area (Å²) in [4.78, 5) is 4.75. The summed E-state index contributed by atoms with van der Waals surface area (Å²) < 4.78 is 0. The van der Waals surface area contributed by atoms with E-state index in [1.165, 1.54) is 66.1 Å². The number of nitrogens with zero attached hydrogens (tertiary/aromatic N) is 2. The molecule has 340 valence electrons. The zero-order chi connectivity index (χ0) is 47.9. The van der Waals surface area contributed by atoms with Crippen LogP contribution in [0.25, 0.3) is 21.5 Å². The summed E-state index contributed by atoms with van der Waals surface area (Å²) in [6.07, 6.45) is 0. The molecule has 0 radical (unpaired) electrons. The largest absolute Gasteiger partial charge is 0.310 e. The number of hydrogen-bond acceptors (Lipinski definition) is 2. The van der Waals surface area contributed by atoms with Gasteiger partial charge >= 0.3 is 0 Å². The second-order valence-corrected chi connectivity index (χ2v) is 18.8. The number of fused-ring (bicyclic) bond motifs is 4. The van der Waals surface area contributed by atoms with Crippen molar-refractivity contribution in [1.82, 2.24) is 0 Å². The van der Waals surface area contributed by atoms with Gasteiger partial charge in [0.25, 0.3) is 0 Å². The Kier molecular flexibility index (Phi) is 10.7. The van der Waals surface area contributed by atoms with Gasteiger partial charge in [-0.05, 0) is 139 Å². The van der Waals surface area contributed by atoms with Gasteiger partial charge in [-0.2, -0.15) is 0 Å². The SMILES string of the molecule is c1ccc(N(c2ccc(C3(c4ccc(N(c5ccccc5)c5ccc6ccccc6c5)cc4)c4ccccc4C(c4ccccc4)(c4ccccc4)c4ccccc43)cc2)c2ccc3ccccc3c2)cc1. The minimum Gasteiger partial charge on any atom is -0.310 e. The second-order valence-electron chi connectivity index (χ2n) is 18.8. The summed E-state index contributed by atoms with van der Waals surface area (Å²) in [5, 5.41) is 4.85. The van der Waals surface area contributed by atoms with Crippen molar-refractivity contribution in [1.29, 1.82) is 0 Å². The Labute approximate surface area is 422 Å². The maximum absolute atomic E-state index is 2.39. The van der Waals surface area contributed by atoms with Crippen LogP contribution in [-0.2, 0) is 10.8 Å². The smallest absolute Gasteiger partial charge is 0.0708 e. The summed E-state index contributed by atoms with van der Waals surface area (Å²) in [5.74, 6) is 0. The molecule has 0 aromatic heterocycles. The lowest BCUT2D eigenvalue weighted by Gasteiger charge is -2.51. The lowest BCUT2D eigenvalue weighted by Crippen LogP contribution is -2.45. The molecule has 0 saturated carbocycles. The molecule has 0 aliphatic heterocycles. The Morgan fingerprint density at radius 3 is 0.778 bits per heavy atom. The van der Waals surface area contributed by atoms with Gasteiger partial charge in [0.1, 0.15) is 0 Å². The molecule has 12 aromatic rings. The van der Waals surface area contributed by atoms with E-state index in [9.17, 15) is 0 Å². The molecule has 0 unspecified atom stereocenters. The van der Waals surface area contributed by atoms with Crippen LogP contribution in [0.1, 0.15) is 44.5 Å². The predicted octanol–water partition coefficient (Wildman–Crippen LogP) is 18.0. The zero-order valence-electron chi connectivity index (χ0n) is 39.8. The first-order valence-corrected chi connectivity index (χ1v) is 24.9. The van der Waals surface area contributed by atoms with Gasteiger partial charge in [-0.1, -0.05) is 231 Å². The van der Waals surface area contributed by atoms with E-state index in [2.05, 4.69) is 313 Å². The van der Waals surface area contributed by atoms with E-state index in [-0.39, 0.29) is 0 Å². The average Bonchev–Trinajstić information content (AvgIpc) is 3.46. The van der Waals surface area contributed by atoms with E-state index in [1.54, 1.807) is 0 Å². The van der Waals surface area contributed by atoms with Crippen LogP contribution in [0.2, 0.25) is 0 Å². The Balaban J connectivity index is 1.06. The van der Waals surface area contributed by atoms with Crippen LogP contribution in [0.3, 0.4) is 0 Å². The highest BCUT2D eigenvalue weighted by atomic mass is 15.1. The van der Waals surface area contributed by atoms with Crippen LogP contribution in [0, 0.1) is 0 Å². The molecule has 72 heavy (non-hydrogen) atoms. The van der Waals surface area contributed by atoms with Crippen LogP contribution >= 0.6 is 0 Å². The van der Waals surface area contributed by atoms with Gasteiger partial charge in [0, 0.05) is 34.1 Å². The second kappa shape index (κ2) is 17.9. The maximum atomic E-state index is 2.39. The Morgan fingerprint density at radius 1 is 0.181 bits per heavy atom. The third-order valence-corrected chi connectivity index (χ3v) is 15.0. The standard InChI is InChI=1S/C70H50N2/c1-5-25-55(26-6-1)69(56-27-7-2-8-28-56)65-33-17-19-35-67(65)70(68-36-20-18-34-66(68)69,57-39-45-61(46-40-57)71(59-29-9-3-10-30-59)63-43-37-51-21-13-15-23-53(51)49-63)58-41-47-62(48-42-58)72(60-31-11-4-12-32-60)64-44-38-52-22-14-16-24-54(52)50-64/h1-50H. The Bertz CT molecular complexity index is 3590. The molecule has 1 aliphatic rings. The van der Waals surface area contributed by atoms with Gasteiger partial charge in [0.2, 0.25) is 0 Å². The molecule has 1 aliphatic carbocycles. The van der Waals surface area contributed by atoms with Crippen LogP contribution in [0.5, 0.6) is 0 Å². The van der Waals surface area contributed by atoms with E-state index in [4.69, 9.17) is 0 Å². The van der Waals surface area contributed by atoms with E-state index >= 15 is 0 Å². The summed E-state index contributed by atoms with van der Waals surface area (Å²) in [6, 6.07) is 112. The minimum atomic E-state index is -0.738. The molecule has 13 rings (SSSR count). The summed E-state index contributed by atoms with van der Waals surface area (Å²) in [5.41, 5.74) is 15.1. The van der Waals surface area contributed by atoms with Crippen molar-refractivity contribution in [3.8, 4) is 0 Å². The number of hydrogen-bond donors (Lipinski definition) is 0. The lowest BCUT2D eigenvalue weighted by atomic mass is 9.50. The normalized spacial score (nSPS) is 13.2. The predicted molar refractivity (Wildman–Crippen MR) is 301 cm³/mol.